The van der Waals surface area contributed by atoms with Gasteiger partial charge in [0.25, 0.3) is 0 Å². The van der Waals surface area contributed by atoms with Crippen molar-refractivity contribution in [1.82, 2.24) is 24.5 Å². The maximum Gasteiger partial charge on any atom is 0.573 e. The van der Waals surface area contributed by atoms with Gasteiger partial charge in [0.05, 0.1) is 29.6 Å². The summed E-state index contributed by atoms with van der Waals surface area (Å²) < 4.78 is 72.2. The average molecular weight is 524 g/mol. The number of alkyl halides is 3. The molecule has 1 amide bonds. The van der Waals surface area contributed by atoms with E-state index in [1.165, 1.54) is 33.9 Å². The summed E-state index contributed by atoms with van der Waals surface area (Å²) >= 11 is 0. The van der Waals surface area contributed by atoms with Gasteiger partial charge < -0.3 is 15.2 Å². The number of nitrogens with two attached hydrogens (primary N) is 1. The molecule has 0 saturated carbocycles. The molecule has 0 fully saturated rings. The number of carbonyl (C=O) groups is 1. The van der Waals surface area contributed by atoms with E-state index in [1.807, 2.05) is 0 Å². The molecule has 190 valence electrons. The van der Waals surface area contributed by atoms with E-state index in [2.05, 4.69) is 19.9 Å². The van der Waals surface area contributed by atoms with Gasteiger partial charge in [0.1, 0.15) is 27.9 Å². The number of aromatic nitrogens is 5. The summed E-state index contributed by atoms with van der Waals surface area (Å²) in [6.07, 6.45) is -0.0311. The van der Waals surface area contributed by atoms with E-state index < -0.39 is 28.0 Å². The van der Waals surface area contributed by atoms with Crippen molar-refractivity contribution in [3.63, 3.8) is 0 Å². The number of amides is 1. The summed E-state index contributed by atoms with van der Waals surface area (Å²) in [7, 11) is -3.19. The molecule has 11 nitrogen and oxygen atoms in total. The highest BCUT2D eigenvalue weighted by Gasteiger charge is 2.31. The normalized spacial score (nSPS) is 12.1. The first-order valence-corrected chi connectivity index (χ1v) is 12.3. The van der Waals surface area contributed by atoms with Gasteiger partial charge in [-0.2, -0.15) is 10.2 Å². The second-order valence-electron chi connectivity index (χ2n) is 7.69. The van der Waals surface area contributed by atoms with Gasteiger partial charge in [0.2, 0.25) is 0 Å². The Morgan fingerprint density at radius 1 is 1.17 bits per heavy atom. The minimum atomic E-state index is -4.83. The van der Waals surface area contributed by atoms with E-state index in [0.717, 1.165) is 18.4 Å². The van der Waals surface area contributed by atoms with Crippen LogP contribution in [0.5, 0.6) is 5.75 Å². The fourth-order valence-electron chi connectivity index (χ4n) is 3.45. The standard InChI is InChI=1S/C21H19F3N6O5S/c1-36(32,33)9-8-29-11-13(10-27-29)16-6-7-26-19-18(16)17(12-34-20(25)31)28-30(19)14-2-4-15(5-3-14)35-21(22,23)24/h2-7,10-11H,8-9,12H2,1H3,(H2,25,31). The van der Waals surface area contributed by atoms with Crippen molar-refractivity contribution in [2.45, 2.75) is 19.5 Å². The first-order chi connectivity index (χ1) is 16.9. The van der Waals surface area contributed by atoms with E-state index in [0.29, 0.717) is 27.8 Å². The molecular weight excluding hydrogens is 505 g/mol. The summed E-state index contributed by atoms with van der Waals surface area (Å²) in [5, 5.41) is 9.14. The molecule has 0 aliphatic carbocycles. The van der Waals surface area contributed by atoms with Gasteiger partial charge in [-0.15, -0.1) is 13.2 Å². The molecule has 1 aromatic carbocycles. The number of rotatable bonds is 8. The number of primary amides is 1. The minimum absolute atomic E-state index is 0.0937. The van der Waals surface area contributed by atoms with Gasteiger partial charge in [-0.25, -0.2) is 22.9 Å². The predicted molar refractivity (Wildman–Crippen MR) is 121 cm³/mol. The van der Waals surface area contributed by atoms with Crippen LogP contribution in [-0.2, 0) is 27.7 Å². The molecule has 0 bridgehead atoms. The van der Waals surface area contributed by atoms with E-state index in [4.69, 9.17) is 10.5 Å². The second kappa shape index (κ2) is 9.49. The molecule has 36 heavy (non-hydrogen) atoms. The predicted octanol–water partition coefficient (Wildman–Crippen LogP) is 2.82. The molecule has 0 unspecified atom stereocenters. The Kier molecular flexibility index (Phi) is 6.58. The lowest BCUT2D eigenvalue weighted by Gasteiger charge is -2.09. The summed E-state index contributed by atoms with van der Waals surface area (Å²) in [4.78, 5) is 15.6. The molecule has 4 aromatic rings. The van der Waals surface area contributed by atoms with Crippen LogP contribution in [0.25, 0.3) is 27.8 Å². The fourth-order valence-corrected chi connectivity index (χ4v) is 3.97. The Morgan fingerprint density at radius 2 is 1.89 bits per heavy atom. The highest BCUT2D eigenvalue weighted by Crippen LogP contribution is 2.32. The molecule has 2 N–H and O–H groups in total. The largest absolute Gasteiger partial charge is 0.573 e. The van der Waals surface area contributed by atoms with Crippen LogP contribution in [0.1, 0.15) is 5.69 Å². The van der Waals surface area contributed by atoms with Gasteiger partial charge in [-0.3, -0.25) is 4.68 Å². The number of ether oxygens (including phenoxy) is 2. The maximum absolute atomic E-state index is 12.5. The number of hydrogen-bond donors (Lipinski definition) is 1. The third-order valence-corrected chi connectivity index (χ3v) is 5.87. The number of benzene rings is 1. The first kappa shape index (κ1) is 25.0. The highest BCUT2D eigenvalue weighted by molar-refractivity contribution is 7.90. The third kappa shape index (κ3) is 5.91. The van der Waals surface area contributed by atoms with Crippen LogP contribution in [0.4, 0.5) is 18.0 Å². The molecule has 3 heterocycles. The average Bonchev–Trinajstić information content (AvgIpc) is 3.40. The van der Waals surface area contributed by atoms with Crippen molar-refractivity contribution in [1.29, 1.82) is 0 Å². The fraction of sp³-hybridized carbons (Fsp3) is 0.238. The Balaban J connectivity index is 1.77. The van der Waals surface area contributed by atoms with Crippen molar-refractivity contribution in [3.8, 4) is 22.6 Å². The van der Waals surface area contributed by atoms with E-state index in [1.54, 1.807) is 12.3 Å². The maximum atomic E-state index is 12.5. The summed E-state index contributed by atoms with van der Waals surface area (Å²) in [5.41, 5.74) is 7.31. The number of fused-ring (bicyclic) bond motifs is 1. The van der Waals surface area contributed by atoms with Gasteiger partial charge in [0.15, 0.2) is 5.65 Å². The number of aryl methyl sites for hydroxylation is 1. The lowest BCUT2D eigenvalue weighted by Crippen LogP contribution is -2.17. The Labute approximate surface area is 202 Å². The lowest BCUT2D eigenvalue weighted by molar-refractivity contribution is -0.274. The number of carbonyl (C=O) groups excluding carboxylic acids is 1. The van der Waals surface area contributed by atoms with Crippen LogP contribution in [0.3, 0.4) is 0 Å². The summed E-state index contributed by atoms with van der Waals surface area (Å²) in [5.74, 6) is -0.501. The smallest absolute Gasteiger partial charge is 0.443 e. The molecule has 4 rings (SSSR count). The third-order valence-electron chi connectivity index (χ3n) is 4.94. The SMILES string of the molecule is CS(=O)(=O)CCn1cc(-c2ccnc3c2c(COC(N)=O)nn3-c2ccc(OC(F)(F)F)cc2)cn1. The number of nitrogens with zero attached hydrogens (tertiary/aromatic N) is 5. The van der Waals surface area contributed by atoms with Crippen molar-refractivity contribution >= 4 is 27.0 Å². The molecule has 15 heteroatoms. The molecule has 0 radical (unpaired) electrons. The van der Waals surface area contributed by atoms with Gasteiger partial charge >= 0.3 is 12.5 Å². The van der Waals surface area contributed by atoms with E-state index in [-0.39, 0.29) is 24.6 Å². The summed E-state index contributed by atoms with van der Waals surface area (Å²) in [6, 6.07) is 6.67. The van der Waals surface area contributed by atoms with Crippen molar-refractivity contribution < 1.29 is 35.9 Å². The van der Waals surface area contributed by atoms with Gasteiger partial charge in [-0.1, -0.05) is 0 Å². The molecule has 0 saturated heterocycles. The first-order valence-electron chi connectivity index (χ1n) is 10.3. The Bertz CT molecular complexity index is 1510. The van der Waals surface area contributed by atoms with Crippen LogP contribution < -0.4 is 10.5 Å². The summed E-state index contributed by atoms with van der Waals surface area (Å²) in [6.45, 7) is -0.147. The number of halogens is 3. The van der Waals surface area contributed by atoms with Crippen LogP contribution in [0.15, 0.2) is 48.9 Å². The molecule has 3 aromatic heterocycles. The quantitative estimate of drug-likeness (QED) is 0.371. The zero-order chi connectivity index (χ0) is 26.1. The lowest BCUT2D eigenvalue weighted by atomic mass is 10.1. The topological polar surface area (TPSA) is 144 Å². The Hall–Kier alpha value is -4.14. The zero-order valence-electron chi connectivity index (χ0n) is 18.6. The number of pyridine rings is 1. The van der Waals surface area contributed by atoms with Crippen molar-refractivity contribution in [2.24, 2.45) is 5.73 Å². The monoisotopic (exact) mass is 524 g/mol. The number of hydrogen-bond acceptors (Lipinski definition) is 8. The zero-order valence-corrected chi connectivity index (χ0v) is 19.5. The van der Waals surface area contributed by atoms with E-state index in [9.17, 15) is 26.4 Å². The number of sulfone groups is 1. The highest BCUT2D eigenvalue weighted by atomic mass is 32.2. The second-order valence-corrected chi connectivity index (χ2v) is 9.95. The molecule has 0 spiro atoms. The van der Waals surface area contributed by atoms with E-state index >= 15 is 0 Å². The van der Waals surface area contributed by atoms with Crippen molar-refractivity contribution in [2.75, 3.05) is 12.0 Å². The molecule has 0 aliphatic heterocycles. The molecule has 0 aliphatic rings. The van der Waals surface area contributed by atoms with Crippen LogP contribution >= 0.6 is 0 Å². The molecular formula is C21H19F3N6O5S. The Morgan fingerprint density at radius 3 is 2.53 bits per heavy atom. The molecule has 0 atom stereocenters. The van der Waals surface area contributed by atoms with Crippen LogP contribution in [-0.4, -0.2) is 57.4 Å². The van der Waals surface area contributed by atoms with Crippen molar-refractivity contribution in [3.05, 3.63) is 54.6 Å². The minimum Gasteiger partial charge on any atom is -0.443 e. The van der Waals surface area contributed by atoms with Gasteiger partial charge in [-0.05, 0) is 35.9 Å². The van der Waals surface area contributed by atoms with Crippen LogP contribution in [0, 0.1) is 0 Å². The van der Waals surface area contributed by atoms with Crippen LogP contribution in [0.2, 0.25) is 0 Å². The van der Waals surface area contributed by atoms with Gasteiger partial charge in [0, 0.05) is 24.2 Å².